The van der Waals surface area contributed by atoms with Gasteiger partial charge in [0.2, 0.25) is 5.91 Å². The summed E-state index contributed by atoms with van der Waals surface area (Å²) in [6, 6.07) is -1.50. The zero-order valence-electron chi connectivity index (χ0n) is 10.3. The van der Waals surface area contributed by atoms with Crippen LogP contribution in [-0.4, -0.2) is 34.6 Å². The SMILES string of the molecule is CC(=O)N1C(=O)NC(=O)C1CC1CCCCC1=O. The summed E-state index contributed by atoms with van der Waals surface area (Å²) in [6.45, 7) is 1.24. The van der Waals surface area contributed by atoms with E-state index in [2.05, 4.69) is 5.32 Å². The number of urea groups is 1. The summed E-state index contributed by atoms with van der Waals surface area (Å²) in [5.74, 6) is -1.01. The minimum Gasteiger partial charge on any atom is -0.299 e. The van der Waals surface area contributed by atoms with Crippen LogP contribution in [0.25, 0.3) is 0 Å². The average molecular weight is 252 g/mol. The Bertz CT molecular complexity index is 418. The number of carbonyl (C=O) groups excluding carboxylic acids is 4. The minimum absolute atomic E-state index is 0.136. The molecule has 0 spiro atoms. The first-order valence-corrected chi connectivity index (χ1v) is 6.18. The minimum atomic E-state index is -0.818. The second kappa shape index (κ2) is 4.88. The number of Topliss-reactive ketones (excluding diaryl/α,β-unsaturated/α-hetero) is 1. The molecular weight excluding hydrogens is 236 g/mol. The van der Waals surface area contributed by atoms with Gasteiger partial charge in [0.25, 0.3) is 5.91 Å². The topological polar surface area (TPSA) is 83.6 Å². The molecule has 98 valence electrons. The van der Waals surface area contributed by atoms with Crippen molar-refractivity contribution in [2.45, 2.75) is 45.1 Å². The van der Waals surface area contributed by atoms with Gasteiger partial charge in [0.15, 0.2) is 0 Å². The van der Waals surface area contributed by atoms with Crippen LogP contribution in [0.1, 0.15) is 39.0 Å². The third-order valence-electron chi connectivity index (χ3n) is 3.59. The fourth-order valence-corrected chi connectivity index (χ4v) is 2.66. The molecule has 1 heterocycles. The van der Waals surface area contributed by atoms with E-state index in [1.807, 2.05) is 0 Å². The Morgan fingerprint density at radius 2 is 2.06 bits per heavy atom. The van der Waals surface area contributed by atoms with Gasteiger partial charge in [-0.2, -0.15) is 0 Å². The van der Waals surface area contributed by atoms with Gasteiger partial charge in [-0.1, -0.05) is 6.42 Å². The maximum Gasteiger partial charge on any atom is 0.331 e. The predicted molar refractivity (Wildman–Crippen MR) is 61.4 cm³/mol. The highest BCUT2D eigenvalue weighted by molar-refractivity contribution is 6.11. The fourth-order valence-electron chi connectivity index (χ4n) is 2.66. The summed E-state index contributed by atoms with van der Waals surface area (Å²) in [5.41, 5.74) is 0. The molecule has 0 aromatic rings. The first kappa shape index (κ1) is 12.7. The largest absolute Gasteiger partial charge is 0.331 e. The Morgan fingerprint density at radius 1 is 1.33 bits per heavy atom. The molecule has 2 aliphatic rings. The van der Waals surface area contributed by atoms with Gasteiger partial charge >= 0.3 is 6.03 Å². The number of carbonyl (C=O) groups is 4. The number of ketones is 1. The molecular formula is C12H16N2O4. The number of imide groups is 2. The lowest BCUT2D eigenvalue weighted by Crippen LogP contribution is -2.41. The lowest BCUT2D eigenvalue weighted by molar-refractivity contribution is -0.133. The van der Waals surface area contributed by atoms with Gasteiger partial charge in [0.1, 0.15) is 11.8 Å². The zero-order chi connectivity index (χ0) is 13.3. The number of nitrogens with zero attached hydrogens (tertiary/aromatic N) is 1. The van der Waals surface area contributed by atoms with Crippen LogP contribution in [0.15, 0.2) is 0 Å². The van der Waals surface area contributed by atoms with Crippen molar-refractivity contribution in [2.24, 2.45) is 5.92 Å². The van der Waals surface area contributed by atoms with Crippen LogP contribution in [0.3, 0.4) is 0 Å². The number of amides is 4. The molecule has 0 radical (unpaired) electrons. The van der Waals surface area contributed by atoms with Crippen molar-refractivity contribution >= 4 is 23.6 Å². The molecule has 2 atom stereocenters. The van der Waals surface area contributed by atoms with Crippen molar-refractivity contribution in [1.82, 2.24) is 10.2 Å². The van der Waals surface area contributed by atoms with Crippen LogP contribution >= 0.6 is 0 Å². The molecule has 1 aliphatic heterocycles. The quantitative estimate of drug-likeness (QED) is 0.729. The summed E-state index contributed by atoms with van der Waals surface area (Å²) in [6.07, 6.45) is 3.38. The third kappa shape index (κ3) is 2.27. The highest BCUT2D eigenvalue weighted by Crippen LogP contribution is 2.27. The maximum atomic E-state index is 11.7. The molecule has 1 N–H and O–H groups in total. The van der Waals surface area contributed by atoms with E-state index in [4.69, 9.17) is 0 Å². The number of hydrogen-bond acceptors (Lipinski definition) is 4. The summed E-state index contributed by atoms with van der Waals surface area (Å²) in [4.78, 5) is 47.1. The van der Waals surface area contributed by atoms with Crippen molar-refractivity contribution < 1.29 is 19.2 Å². The Labute approximate surface area is 105 Å². The standard InChI is InChI=1S/C12H16N2O4/c1-7(15)14-9(11(17)13-12(14)18)6-8-4-2-3-5-10(8)16/h8-9H,2-6H2,1H3,(H,13,17,18). The smallest absolute Gasteiger partial charge is 0.299 e. The van der Waals surface area contributed by atoms with Crippen molar-refractivity contribution in [3.63, 3.8) is 0 Å². The van der Waals surface area contributed by atoms with Crippen molar-refractivity contribution in [2.75, 3.05) is 0 Å². The Hall–Kier alpha value is -1.72. The molecule has 1 aliphatic carbocycles. The van der Waals surface area contributed by atoms with E-state index in [0.717, 1.165) is 24.2 Å². The maximum absolute atomic E-state index is 11.7. The van der Waals surface area contributed by atoms with E-state index in [9.17, 15) is 19.2 Å². The van der Waals surface area contributed by atoms with Crippen LogP contribution in [0.2, 0.25) is 0 Å². The molecule has 0 bridgehead atoms. The van der Waals surface area contributed by atoms with E-state index >= 15 is 0 Å². The van der Waals surface area contributed by atoms with Gasteiger partial charge < -0.3 is 0 Å². The van der Waals surface area contributed by atoms with E-state index in [1.54, 1.807) is 0 Å². The zero-order valence-corrected chi connectivity index (χ0v) is 10.3. The van der Waals surface area contributed by atoms with Gasteiger partial charge in [-0.3, -0.25) is 24.6 Å². The second-order valence-electron chi connectivity index (χ2n) is 4.84. The summed E-state index contributed by atoms with van der Waals surface area (Å²) < 4.78 is 0. The lowest BCUT2D eigenvalue weighted by Gasteiger charge is -2.25. The normalized spacial score (nSPS) is 28.5. The van der Waals surface area contributed by atoms with Gasteiger partial charge in [0.05, 0.1) is 0 Å². The van der Waals surface area contributed by atoms with Gasteiger partial charge in [-0.15, -0.1) is 0 Å². The van der Waals surface area contributed by atoms with Crippen molar-refractivity contribution in [1.29, 1.82) is 0 Å². The first-order chi connectivity index (χ1) is 8.50. The van der Waals surface area contributed by atoms with Crippen LogP contribution < -0.4 is 5.32 Å². The molecule has 6 heteroatoms. The predicted octanol–water partition coefficient (Wildman–Crippen LogP) is 0.603. The Morgan fingerprint density at radius 3 is 2.67 bits per heavy atom. The third-order valence-corrected chi connectivity index (χ3v) is 3.59. The van der Waals surface area contributed by atoms with Crippen LogP contribution in [0.5, 0.6) is 0 Å². The molecule has 1 saturated heterocycles. The number of rotatable bonds is 2. The van der Waals surface area contributed by atoms with E-state index in [0.29, 0.717) is 6.42 Å². The monoisotopic (exact) mass is 252 g/mol. The first-order valence-electron chi connectivity index (χ1n) is 6.18. The molecule has 6 nitrogen and oxygen atoms in total. The molecule has 1 saturated carbocycles. The summed E-state index contributed by atoms with van der Waals surface area (Å²) >= 11 is 0. The van der Waals surface area contributed by atoms with E-state index in [1.165, 1.54) is 6.92 Å². The van der Waals surface area contributed by atoms with Crippen LogP contribution in [0, 0.1) is 5.92 Å². The Balaban J connectivity index is 2.10. The number of nitrogens with one attached hydrogen (secondary N) is 1. The highest BCUT2D eigenvalue weighted by Gasteiger charge is 2.43. The van der Waals surface area contributed by atoms with E-state index in [-0.39, 0.29) is 18.1 Å². The Kier molecular flexibility index (Phi) is 3.45. The fraction of sp³-hybridized carbons (Fsp3) is 0.667. The molecule has 2 rings (SSSR count). The molecule has 0 aromatic carbocycles. The molecule has 4 amide bonds. The van der Waals surface area contributed by atoms with Gasteiger partial charge in [-0.05, 0) is 19.3 Å². The van der Waals surface area contributed by atoms with E-state index < -0.39 is 23.9 Å². The average Bonchev–Trinajstić information content (AvgIpc) is 2.57. The van der Waals surface area contributed by atoms with Gasteiger partial charge in [0, 0.05) is 19.3 Å². The highest BCUT2D eigenvalue weighted by atomic mass is 16.2. The summed E-state index contributed by atoms with van der Waals surface area (Å²) in [7, 11) is 0. The lowest BCUT2D eigenvalue weighted by atomic mass is 9.83. The molecule has 18 heavy (non-hydrogen) atoms. The molecule has 2 unspecified atom stereocenters. The van der Waals surface area contributed by atoms with Crippen LogP contribution in [0.4, 0.5) is 4.79 Å². The molecule has 2 fully saturated rings. The summed E-state index contributed by atoms with van der Waals surface area (Å²) in [5, 5.41) is 2.12. The second-order valence-corrected chi connectivity index (χ2v) is 4.84. The number of hydrogen-bond donors (Lipinski definition) is 1. The van der Waals surface area contributed by atoms with Crippen molar-refractivity contribution in [3.8, 4) is 0 Å². The molecule has 0 aromatic heterocycles. The van der Waals surface area contributed by atoms with Crippen LogP contribution in [-0.2, 0) is 14.4 Å². The van der Waals surface area contributed by atoms with Gasteiger partial charge in [-0.25, -0.2) is 4.79 Å². The van der Waals surface area contributed by atoms with Crippen molar-refractivity contribution in [3.05, 3.63) is 0 Å².